The van der Waals surface area contributed by atoms with Gasteiger partial charge in [-0.2, -0.15) is 5.90 Å². The summed E-state index contributed by atoms with van der Waals surface area (Å²) in [5.74, 6) is 6.29. The number of Topliss-reactive ketones (excluding diaryl/α,β-unsaturated/α-hetero) is 2. The van der Waals surface area contributed by atoms with Gasteiger partial charge in [0.2, 0.25) is 0 Å². The zero-order valence-electron chi connectivity index (χ0n) is 12.7. The Kier molecular flexibility index (Phi) is 3.12. The van der Waals surface area contributed by atoms with Gasteiger partial charge in [-0.3, -0.25) is 9.59 Å². The van der Waals surface area contributed by atoms with Crippen LogP contribution in [0, 0.1) is 23.7 Å². The van der Waals surface area contributed by atoms with Crippen molar-refractivity contribution in [2.24, 2.45) is 29.6 Å². The van der Waals surface area contributed by atoms with Crippen LogP contribution in [0.3, 0.4) is 0 Å². The van der Waals surface area contributed by atoms with E-state index in [-0.39, 0.29) is 23.4 Å². The summed E-state index contributed by atoms with van der Waals surface area (Å²) in [5, 5.41) is 0. The molecule has 4 rings (SSSR count). The Hall–Kier alpha value is -1.68. The van der Waals surface area contributed by atoms with Gasteiger partial charge in [0, 0.05) is 11.8 Å². The zero-order valence-corrected chi connectivity index (χ0v) is 12.7. The van der Waals surface area contributed by atoms with Crippen LogP contribution in [-0.2, 0) is 16.0 Å². The Morgan fingerprint density at radius 2 is 1.77 bits per heavy atom. The summed E-state index contributed by atoms with van der Waals surface area (Å²) >= 11 is 0. The van der Waals surface area contributed by atoms with E-state index in [1.165, 1.54) is 0 Å². The van der Waals surface area contributed by atoms with E-state index in [4.69, 9.17) is 10.7 Å². The first-order valence-electron chi connectivity index (χ1n) is 8.22. The van der Waals surface area contributed by atoms with Gasteiger partial charge in [-0.15, -0.1) is 0 Å². The predicted octanol–water partition coefficient (Wildman–Crippen LogP) is 2.40. The van der Waals surface area contributed by atoms with Crippen molar-refractivity contribution >= 4 is 11.6 Å². The molecule has 0 amide bonds. The average molecular weight is 299 g/mol. The lowest BCUT2D eigenvalue weighted by atomic mass is 9.81. The van der Waals surface area contributed by atoms with E-state index in [2.05, 4.69) is 0 Å². The molecule has 1 aromatic carbocycles. The number of aryl methyl sites for hydroxylation is 1. The van der Waals surface area contributed by atoms with Crippen LogP contribution in [0.1, 0.15) is 43.2 Å². The second kappa shape index (κ2) is 4.92. The third kappa shape index (κ3) is 1.73. The summed E-state index contributed by atoms with van der Waals surface area (Å²) < 4.78 is 0. The second-order valence-corrected chi connectivity index (χ2v) is 6.95. The number of rotatable bonds is 3. The van der Waals surface area contributed by atoms with E-state index < -0.39 is 5.92 Å². The number of ketones is 2. The van der Waals surface area contributed by atoms with Crippen LogP contribution in [0.4, 0.5) is 0 Å². The molecule has 0 aromatic heterocycles. The molecule has 4 unspecified atom stereocenters. The molecule has 3 aliphatic rings. The molecule has 3 saturated carbocycles. The van der Waals surface area contributed by atoms with Gasteiger partial charge in [0.25, 0.3) is 0 Å². The monoisotopic (exact) mass is 299 g/mol. The number of benzene rings is 1. The highest BCUT2D eigenvalue weighted by molar-refractivity contribution is 6.16. The van der Waals surface area contributed by atoms with Crippen molar-refractivity contribution in [1.82, 2.24) is 0 Å². The molecule has 2 N–H and O–H groups in total. The molecule has 1 aromatic rings. The molecule has 4 heteroatoms. The van der Waals surface area contributed by atoms with Crippen molar-refractivity contribution in [3.63, 3.8) is 0 Å². The van der Waals surface area contributed by atoms with Gasteiger partial charge < -0.3 is 4.84 Å². The molecule has 0 radical (unpaired) electrons. The van der Waals surface area contributed by atoms with Gasteiger partial charge in [-0.05, 0) is 60.8 Å². The maximum Gasteiger partial charge on any atom is 0.151 e. The number of carbonyl (C=O) groups excluding carboxylic acids is 2. The summed E-state index contributed by atoms with van der Waals surface area (Å²) in [6.07, 6.45) is 4.10. The summed E-state index contributed by atoms with van der Waals surface area (Å²) in [7, 11) is 0. The van der Waals surface area contributed by atoms with Crippen molar-refractivity contribution in [3.05, 3.63) is 29.3 Å². The van der Waals surface area contributed by atoms with E-state index in [9.17, 15) is 9.59 Å². The first-order valence-corrected chi connectivity index (χ1v) is 8.22. The summed E-state index contributed by atoms with van der Waals surface area (Å²) in [6, 6.07) is 5.49. The van der Waals surface area contributed by atoms with Crippen molar-refractivity contribution in [3.8, 4) is 5.75 Å². The summed E-state index contributed by atoms with van der Waals surface area (Å²) in [4.78, 5) is 30.7. The molecule has 4 atom stereocenters. The largest absolute Gasteiger partial charge is 0.412 e. The molecule has 22 heavy (non-hydrogen) atoms. The van der Waals surface area contributed by atoms with Gasteiger partial charge in [0.15, 0.2) is 11.6 Å². The quantitative estimate of drug-likeness (QED) is 0.687. The molecule has 0 saturated heterocycles. The van der Waals surface area contributed by atoms with E-state index in [1.54, 1.807) is 12.1 Å². The topological polar surface area (TPSA) is 69.4 Å². The van der Waals surface area contributed by atoms with E-state index in [1.807, 2.05) is 13.0 Å². The lowest BCUT2D eigenvalue weighted by molar-refractivity contribution is -0.125. The normalized spacial score (nSPS) is 36.0. The number of fused-ring (bicyclic) bond motifs is 5. The van der Waals surface area contributed by atoms with Crippen LogP contribution in [0.15, 0.2) is 18.2 Å². The van der Waals surface area contributed by atoms with Crippen molar-refractivity contribution in [1.29, 1.82) is 0 Å². The Bertz CT molecular complexity index is 626. The molecule has 0 aliphatic heterocycles. The number of hydrogen-bond donors (Lipinski definition) is 1. The number of nitrogens with two attached hydrogens (primary N) is 1. The van der Waals surface area contributed by atoms with Gasteiger partial charge >= 0.3 is 0 Å². The maximum atomic E-state index is 13.0. The molecule has 0 heterocycles. The Morgan fingerprint density at radius 1 is 1.14 bits per heavy atom. The van der Waals surface area contributed by atoms with Crippen molar-refractivity contribution in [2.75, 3.05) is 0 Å². The summed E-state index contributed by atoms with van der Waals surface area (Å²) in [5.41, 5.74) is 1.86. The Balaban J connectivity index is 1.77. The maximum absolute atomic E-state index is 13.0. The van der Waals surface area contributed by atoms with Gasteiger partial charge in [0.1, 0.15) is 11.7 Å². The molecular weight excluding hydrogens is 278 g/mol. The minimum Gasteiger partial charge on any atom is -0.412 e. The number of carbonyl (C=O) groups is 2. The van der Waals surface area contributed by atoms with Gasteiger partial charge in [-0.1, -0.05) is 13.0 Å². The first kappa shape index (κ1) is 13.9. The van der Waals surface area contributed by atoms with Crippen LogP contribution in [-0.4, -0.2) is 11.6 Å². The highest BCUT2D eigenvalue weighted by atomic mass is 16.6. The predicted molar refractivity (Wildman–Crippen MR) is 81.2 cm³/mol. The fourth-order valence-corrected chi connectivity index (χ4v) is 5.18. The van der Waals surface area contributed by atoms with Crippen LogP contribution in [0.25, 0.3) is 0 Å². The molecule has 3 aliphatic carbocycles. The Morgan fingerprint density at radius 3 is 2.32 bits per heavy atom. The van der Waals surface area contributed by atoms with E-state index in [0.717, 1.165) is 36.8 Å². The highest BCUT2D eigenvalue weighted by Gasteiger charge is 2.61. The van der Waals surface area contributed by atoms with E-state index >= 15 is 0 Å². The molecule has 116 valence electrons. The fraction of sp³-hybridized carbons (Fsp3) is 0.556. The summed E-state index contributed by atoms with van der Waals surface area (Å²) in [6.45, 7) is 2.04. The minimum absolute atomic E-state index is 0.0246. The lowest BCUT2D eigenvalue weighted by Gasteiger charge is -2.21. The van der Waals surface area contributed by atoms with Crippen LogP contribution < -0.4 is 10.7 Å². The highest BCUT2D eigenvalue weighted by Crippen LogP contribution is 2.59. The van der Waals surface area contributed by atoms with Crippen LogP contribution in [0.2, 0.25) is 0 Å². The van der Waals surface area contributed by atoms with Crippen LogP contribution >= 0.6 is 0 Å². The zero-order chi connectivity index (χ0) is 15.4. The van der Waals surface area contributed by atoms with Crippen molar-refractivity contribution in [2.45, 2.75) is 38.5 Å². The smallest absolute Gasteiger partial charge is 0.151 e. The standard InChI is InChI=1S/C18H21NO3/c1-2-9-5-6-12(22-19)8-13(9)16-17(20)14-10-3-4-11(7-10)15(14)18(16)21/h5-6,8,10-11,14-16H,2-4,7,19H2,1H3. The number of hydrogen-bond acceptors (Lipinski definition) is 4. The molecule has 2 bridgehead atoms. The third-order valence-electron chi connectivity index (χ3n) is 6.09. The minimum atomic E-state index is -0.594. The van der Waals surface area contributed by atoms with Crippen LogP contribution in [0.5, 0.6) is 5.75 Å². The fourth-order valence-electron chi connectivity index (χ4n) is 5.18. The molecule has 0 spiro atoms. The molecule has 3 fully saturated rings. The van der Waals surface area contributed by atoms with Crippen molar-refractivity contribution < 1.29 is 14.4 Å². The third-order valence-corrected chi connectivity index (χ3v) is 6.09. The first-order chi connectivity index (χ1) is 10.7. The SMILES string of the molecule is CCc1ccc(ON)cc1C1C(=O)C2C3CCC(C3)C2C1=O. The van der Waals surface area contributed by atoms with Gasteiger partial charge in [0.05, 0.1) is 0 Å². The lowest BCUT2D eigenvalue weighted by Crippen LogP contribution is -2.24. The Labute approximate surface area is 130 Å². The molecular formula is C18H21NO3. The van der Waals surface area contributed by atoms with E-state index in [0.29, 0.717) is 17.6 Å². The van der Waals surface area contributed by atoms with Gasteiger partial charge in [-0.25, -0.2) is 0 Å². The average Bonchev–Trinajstić information content (AvgIpc) is 3.21. The molecule has 4 nitrogen and oxygen atoms in total. The second-order valence-electron chi connectivity index (χ2n) is 6.95.